The van der Waals surface area contributed by atoms with E-state index in [2.05, 4.69) is 6.92 Å². The van der Waals surface area contributed by atoms with E-state index < -0.39 is 0 Å². The standard InChI is InChI=1S/C12H21NO2/c1-9-2-3-10(4-9)6-13-7-11(8-14)5-12(13)15/h9-11,14H,2-8H2,1H3. The van der Waals surface area contributed by atoms with E-state index in [1.165, 1.54) is 19.3 Å². The Kier molecular flexibility index (Phi) is 3.29. The number of likely N-dealkylation sites (tertiary alicyclic amines) is 1. The van der Waals surface area contributed by atoms with Gasteiger partial charge >= 0.3 is 0 Å². The SMILES string of the molecule is CC1CCC(CN2CC(CO)CC2=O)C1. The molecule has 0 aromatic carbocycles. The molecule has 2 fully saturated rings. The molecule has 3 atom stereocenters. The molecule has 3 heteroatoms. The maximum atomic E-state index is 11.6. The summed E-state index contributed by atoms with van der Waals surface area (Å²) in [4.78, 5) is 13.6. The summed E-state index contributed by atoms with van der Waals surface area (Å²) >= 11 is 0. The molecule has 3 unspecified atom stereocenters. The second-order valence-electron chi connectivity index (χ2n) is 5.34. The number of amides is 1. The Bertz CT molecular complexity index is 242. The summed E-state index contributed by atoms with van der Waals surface area (Å²) < 4.78 is 0. The molecule has 1 amide bonds. The molecule has 2 rings (SSSR count). The van der Waals surface area contributed by atoms with Crippen LogP contribution in [-0.4, -0.2) is 35.6 Å². The van der Waals surface area contributed by atoms with E-state index in [-0.39, 0.29) is 18.4 Å². The van der Waals surface area contributed by atoms with Gasteiger partial charge in [0.1, 0.15) is 0 Å². The molecule has 1 N–H and O–H groups in total. The monoisotopic (exact) mass is 211 g/mol. The van der Waals surface area contributed by atoms with Crippen LogP contribution in [0, 0.1) is 17.8 Å². The minimum atomic E-state index is 0.156. The molecule has 1 aliphatic carbocycles. The van der Waals surface area contributed by atoms with Crippen molar-refractivity contribution >= 4 is 5.91 Å². The van der Waals surface area contributed by atoms with Gasteiger partial charge in [-0.1, -0.05) is 13.3 Å². The first-order valence-electron chi connectivity index (χ1n) is 6.07. The number of hydrogen-bond acceptors (Lipinski definition) is 2. The molecule has 0 radical (unpaired) electrons. The lowest BCUT2D eigenvalue weighted by atomic mass is 10.1. The highest BCUT2D eigenvalue weighted by Gasteiger charge is 2.32. The number of rotatable bonds is 3. The van der Waals surface area contributed by atoms with Crippen molar-refractivity contribution < 1.29 is 9.90 Å². The van der Waals surface area contributed by atoms with Crippen LogP contribution in [0.15, 0.2) is 0 Å². The number of carbonyl (C=O) groups is 1. The Morgan fingerprint density at radius 3 is 2.73 bits per heavy atom. The fourth-order valence-corrected chi connectivity index (χ4v) is 2.96. The normalized spacial score (nSPS) is 36.5. The van der Waals surface area contributed by atoms with Gasteiger partial charge in [-0.2, -0.15) is 0 Å². The Hall–Kier alpha value is -0.570. The fourth-order valence-electron chi connectivity index (χ4n) is 2.96. The highest BCUT2D eigenvalue weighted by molar-refractivity contribution is 5.78. The van der Waals surface area contributed by atoms with E-state index in [1.54, 1.807) is 0 Å². The molecule has 1 aliphatic heterocycles. The maximum absolute atomic E-state index is 11.6. The van der Waals surface area contributed by atoms with Crippen LogP contribution in [0.2, 0.25) is 0 Å². The summed E-state index contributed by atoms with van der Waals surface area (Å²) in [5.41, 5.74) is 0. The smallest absolute Gasteiger partial charge is 0.223 e. The summed E-state index contributed by atoms with van der Waals surface area (Å²) in [6, 6.07) is 0. The molecule has 15 heavy (non-hydrogen) atoms. The summed E-state index contributed by atoms with van der Waals surface area (Å²) in [6.07, 6.45) is 4.41. The third kappa shape index (κ3) is 2.51. The molecule has 1 saturated carbocycles. The summed E-state index contributed by atoms with van der Waals surface area (Å²) in [7, 11) is 0. The Balaban J connectivity index is 1.82. The van der Waals surface area contributed by atoms with Crippen molar-refractivity contribution in [1.29, 1.82) is 0 Å². The number of carbonyl (C=O) groups excluding carboxylic acids is 1. The van der Waals surface area contributed by atoms with Crippen molar-refractivity contribution in [3.63, 3.8) is 0 Å². The molecule has 0 bridgehead atoms. The first kappa shape index (κ1) is 10.9. The third-order valence-corrected chi connectivity index (χ3v) is 3.83. The first-order chi connectivity index (χ1) is 7.19. The Morgan fingerprint density at radius 1 is 1.40 bits per heavy atom. The van der Waals surface area contributed by atoms with Crippen molar-refractivity contribution in [2.24, 2.45) is 17.8 Å². The average molecular weight is 211 g/mol. The van der Waals surface area contributed by atoms with Gasteiger partial charge in [0.05, 0.1) is 0 Å². The molecule has 0 aromatic rings. The quantitative estimate of drug-likeness (QED) is 0.763. The number of hydrogen-bond donors (Lipinski definition) is 1. The van der Waals surface area contributed by atoms with Crippen LogP contribution in [0.25, 0.3) is 0 Å². The van der Waals surface area contributed by atoms with E-state index in [0.29, 0.717) is 12.3 Å². The highest BCUT2D eigenvalue weighted by Crippen LogP contribution is 2.32. The van der Waals surface area contributed by atoms with E-state index in [4.69, 9.17) is 5.11 Å². The van der Waals surface area contributed by atoms with Crippen LogP contribution in [0.3, 0.4) is 0 Å². The molecular formula is C12H21NO2. The Labute approximate surface area is 91.5 Å². The van der Waals surface area contributed by atoms with Gasteiger partial charge < -0.3 is 10.0 Å². The maximum Gasteiger partial charge on any atom is 0.223 e. The van der Waals surface area contributed by atoms with Crippen LogP contribution >= 0.6 is 0 Å². The van der Waals surface area contributed by atoms with Crippen molar-refractivity contribution in [2.45, 2.75) is 32.6 Å². The van der Waals surface area contributed by atoms with Crippen LogP contribution in [0.4, 0.5) is 0 Å². The van der Waals surface area contributed by atoms with Crippen LogP contribution in [-0.2, 0) is 4.79 Å². The van der Waals surface area contributed by atoms with Gasteiger partial charge in [-0.15, -0.1) is 0 Å². The fraction of sp³-hybridized carbons (Fsp3) is 0.917. The van der Waals surface area contributed by atoms with Gasteiger partial charge in [0.25, 0.3) is 0 Å². The van der Waals surface area contributed by atoms with Gasteiger partial charge in [-0.3, -0.25) is 4.79 Å². The minimum Gasteiger partial charge on any atom is -0.396 e. The van der Waals surface area contributed by atoms with Gasteiger partial charge in [-0.05, 0) is 24.7 Å². The zero-order valence-electron chi connectivity index (χ0n) is 9.48. The summed E-state index contributed by atoms with van der Waals surface area (Å²) in [5, 5.41) is 9.03. The third-order valence-electron chi connectivity index (χ3n) is 3.83. The van der Waals surface area contributed by atoms with E-state index in [9.17, 15) is 4.79 Å². The van der Waals surface area contributed by atoms with Crippen molar-refractivity contribution in [3.8, 4) is 0 Å². The lowest BCUT2D eigenvalue weighted by Crippen LogP contribution is -2.30. The number of aliphatic hydroxyl groups is 1. The molecule has 0 aromatic heterocycles. The zero-order chi connectivity index (χ0) is 10.8. The number of aliphatic hydroxyl groups excluding tert-OH is 1. The molecule has 1 heterocycles. The average Bonchev–Trinajstić information content (AvgIpc) is 2.75. The van der Waals surface area contributed by atoms with E-state index >= 15 is 0 Å². The first-order valence-corrected chi connectivity index (χ1v) is 6.07. The predicted molar refractivity (Wildman–Crippen MR) is 58.3 cm³/mol. The van der Waals surface area contributed by atoms with E-state index in [1.807, 2.05) is 4.90 Å². The lowest BCUT2D eigenvalue weighted by molar-refractivity contribution is -0.128. The topological polar surface area (TPSA) is 40.5 Å². The summed E-state index contributed by atoms with van der Waals surface area (Å²) in [5.74, 6) is 1.98. The zero-order valence-corrected chi connectivity index (χ0v) is 9.48. The highest BCUT2D eigenvalue weighted by atomic mass is 16.3. The van der Waals surface area contributed by atoms with Gasteiger partial charge in [-0.25, -0.2) is 0 Å². The molecule has 2 aliphatic rings. The van der Waals surface area contributed by atoms with Crippen molar-refractivity contribution in [3.05, 3.63) is 0 Å². The number of nitrogens with zero attached hydrogens (tertiary/aromatic N) is 1. The predicted octanol–water partition coefficient (Wildman–Crippen LogP) is 1.26. The molecule has 3 nitrogen and oxygen atoms in total. The lowest BCUT2D eigenvalue weighted by Gasteiger charge is -2.20. The van der Waals surface area contributed by atoms with Crippen molar-refractivity contribution in [2.75, 3.05) is 19.7 Å². The van der Waals surface area contributed by atoms with Crippen LogP contribution in [0.5, 0.6) is 0 Å². The van der Waals surface area contributed by atoms with E-state index in [0.717, 1.165) is 19.0 Å². The molecule has 1 saturated heterocycles. The second-order valence-corrected chi connectivity index (χ2v) is 5.34. The molecule has 86 valence electrons. The van der Waals surface area contributed by atoms with Gasteiger partial charge in [0.15, 0.2) is 0 Å². The van der Waals surface area contributed by atoms with Crippen LogP contribution < -0.4 is 0 Å². The second kappa shape index (κ2) is 4.52. The largest absolute Gasteiger partial charge is 0.396 e. The van der Waals surface area contributed by atoms with Gasteiger partial charge in [0.2, 0.25) is 5.91 Å². The minimum absolute atomic E-state index is 0.156. The molecule has 0 spiro atoms. The van der Waals surface area contributed by atoms with Gasteiger partial charge in [0, 0.05) is 32.0 Å². The Morgan fingerprint density at radius 2 is 2.20 bits per heavy atom. The van der Waals surface area contributed by atoms with Crippen LogP contribution in [0.1, 0.15) is 32.6 Å². The molecular weight excluding hydrogens is 190 g/mol. The summed E-state index contributed by atoms with van der Waals surface area (Å²) in [6.45, 7) is 4.16. The van der Waals surface area contributed by atoms with Crippen molar-refractivity contribution in [1.82, 2.24) is 4.90 Å².